The Balaban J connectivity index is 2.15. The minimum absolute atomic E-state index is 0.122. The second-order valence-corrected chi connectivity index (χ2v) is 5.58. The SMILES string of the molecule is COC(=O)c1nc(C)cc(NC2CCCCCC2C)n1. The molecule has 2 unspecified atom stereocenters. The van der Waals surface area contributed by atoms with Crippen molar-refractivity contribution in [2.24, 2.45) is 5.92 Å². The van der Waals surface area contributed by atoms with Gasteiger partial charge in [0.2, 0.25) is 5.82 Å². The number of ether oxygens (including phenoxy) is 1. The zero-order valence-corrected chi connectivity index (χ0v) is 12.5. The van der Waals surface area contributed by atoms with E-state index in [9.17, 15) is 4.79 Å². The summed E-state index contributed by atoms with van der Waals surface area (Å²) in [5, 5.41) is 3.47. The van der Waals surface area contributed by atoms with Crippen LogP contribution in [0.3, 0.4) is 0 Å². The number of hydrogen-bond acceptors (Lipinski definition) is 5. The fourth-order valence-electron chi connectivity index (χ4n) is 2.72. The van der Waals surface area contributed by atoms with Crippen molar-refractivity contribution in [1.29, 1.82) is 0 Å². The highest BCUT2D eigenvalue weighted by Crippen LogP contribution is 2.25. The van der Waals surface area contributed by atoms with Gasteiger partial charge in [-0.25, -0.2) is 14.8 Å². The monoisotopic (exact) mass is 277 g/mol. The van der Waals surface area contributed by atoms with Gasteiger partial charge in [0.1, 0.15) is 5.82 Å². The van der Waals surface area contributed by atoms with E-state index in [0.29, 0.717) is 12.0 Å². The van der Waals surface area contributed by atoms with Crippen LogP contribution in [0.1, 0.15) is 55.3 Å². The van der Waals surface area contributed by atoms with Crippen molar-refractivity contribution in [3.05, 3.63) is 17.6 Å². The zero-order valence-electron chi connectivity index (χ0n) is 12.5. The van der Waals surface area contributed by atoms with Gasteiger partial charge >= 0.3 is 5.97 Å². The van der Waals surface area contributed by atoms with E-state index in [1.165, 1.54) is 32.8 Å². The van der Waals surface area contributed by atoms with Gasteiger partial charge in [0, 0.05) is 17.8 Å². The number of carbonyl (C=O) groups excluding carboxylic acids is 1. The lowest BCUT2D eigenvalue weighted by molar-refractivity contribution is 0.0586. The molecule has 5 nitrogen and oxygen atoms in total. The zero-order chi connectivity index (χ0) is 14.5. The van der Waals surface area contributed by atoms with Crippen LogP contribution in [0, 0.1) is 12.8 Å². The average molecular weight is 277 g/mol. The number of carbonyl (C=O) groups is 1. The molecule has 1 heterocycles. The Kier molecular flexibility index (Phi) is 4.93. The van der Waals surface area contributed by atoms with Gasteiger partial charge in [-0.15, -0.1) is 0 Å². The molecule has 5 heteroatoms. The van der Waals surface area contributed by atoms with E-state index in [0.717, 1.165) is 17.9 Å². The first-order valence-electron chi connectivity index (χ1n) is 7.30. The molecule has 1 saturated carbocycles. The summed E-state index contributed by atoms with van der Waals surface area (Å²) >= 11 is 0. The fraction of sp³-hybridized carbons (Fsp3) is 0.667. The van der Waals surface area contributed by atoms with E-state index >= 15 is 0 Å². The van der Waals surface area contributed by atoms with Crippen LogP contribution in [-0.2, 0) is 4.74 Å². The quantitative estimate of drug-likeness (QED) is 0.679. The van der Waals surface area contributed by atoms with Crippen LogP contribution in [0.15, 0.2) is 6.07 Å². The second-order valence-electron chi connectivity index (χ2n) is 5.58. The standard InChI is InChI=1S/C15H23N3O2/c1-10-7-5-4-6-8-12(10)17-13-9-11(2)16-14(18-13)15(19)20-3/h9-10,12H,4-8H2,1-3H3,(H,16,17,18). The van der Waals surface area contributed by atoms with Crippen LogP contribution >= 0.6 is 0 Å². The molecule has 1 aliphatic carbocycles. The number of methoxy groups -OCH3 is 1. The van der Waals surface area contributed by atoms with E-state index < -0.39 is 5.97 Å². The van der Waals surface area contributed by atoms with E-state index in [-0.39, 0.29) is 5.82 Å². The molecule has 0 aromatic carbocycles. The summed E-state index contributed by atoms with van der Waals surface area (Å²) in [6.45, 7) is 4.13. The number of nitrogens with one attached hydrogen (secondary N) is 1. The first-order valence-corrected chi connectivity index (χ1v) is 7.30. The fourth-order valence-corrected chi connectivity index (χ4v) is 2.72. The molecule has 0 aliphatic heterocycles. The normalized spacial score (nSPS) is 22.9. The molecule has 1 aliphatic rings. The molecule has 1 aromatic heterocycles. The molecular formula is C15H23N3O2. The van der Waals surface area contributed by atoms with Crippen molar-refractivity contribution in [1.82, 2.24) is 9.97 Å². The largest absolute Gasteiger partial charge is 0.463 e. The van der Waals surface area contributed by atoms with Gasteiger partial charge in [0.05, 0.1) is 7.11 Å². The number of hydrogen-bond donors (Lipinski definition) is 1. The maximum absolute atomic E-state index is 11.6. The summed E-state index contributed by atoms with van der Waals surface area (Å²) in [5.41, 5.74) is 0.768. The first kappa shape index (κ1) is 14.8. The molecular weight excluding hydrogens is 254 g/mol. The minimum Gasteiger partial charge on any atom is -0.463 e. The summed E-state index contributed by atoms with van der Waals surface area (Å²) in [7, 11) is 1.34. The number of rotatable bonds is 3. The lowest BCUT2D eigenvalue weighted by atomic mass is 9.97. The molecule has 20 heavy (non-hydrogen) atoms. The molecule has 0 radical (unpaired) electrons. The van der Waals surface area contributed by atoms with Crippen molar-refractivity contribution in [3.63, 3.8) is 0 Å². The first-order chi connectivity index (χ1) is 9.60. The van der Waals surface area contributed by atoms with Crippen LogP contribution < -0.4 is 5.32 Å². The smallest absolute Gasteiger partial charge is 0.376 e. The summed E-state index contributed by atoms with van der Waals surface area (Å²) in [6, 6.07) is 2.29. The van der Waals surface area contributed by atoms with Crippen LogP contribution in [0.4, 0.5) is 5.82 Å². The van der Waals surface area contributed by atoms with Gasteiger partial charge in [0.15, 0.2) is 0 Å². The van der Waals surface area contributed by atoms with E-state index in [1.54, 1.807) is 0 Å². The number of aryl methyl sites for hydroxylation is 1. The van der Waals surface area contributed by atoms with Gasteiger partial charge in [0.25, 0.3) is 0 Å². The Morgan fingerprint density at radius 1 is 1.30 bits per heavy atom. The molecule has 0 saturated heterocycles. The molecule has 0 amide bonds. The van der Waals surface area contributed by atoms with Crippen molar-refractivity contribution in [2.75, 3.05) is 12.4 Å². The number of aromatic nitrogens is 2. The van der Waals surface area contributed by atoms with Crippen molar-refractivity contribution >= 4 is 11.8 Å². The van der Waals surface area contributed by atoms with Crippen molar-refractivity contribution in [2.45, 2.75) is 52.0 Å². The topological polar surface area (TPSA) is 64.1 Å². The predicted molar refractivity (Wildman–Crippen MR) is 77.8 cm³/mol. The lowest BCUT2D eigenvalue weighted by Crippen LogP contribution is -2.27. The van der Waals surface area contributed by atoms with Crippen LogP contribution in [0.2, 0.25) is 0 Å². The maximum atomic E-state index is 11.6. The minimum atomic E-state index is -0.495. The number of nitrogens with zero attached hydrogens (tertiary/aromatic N) is 2. The number of anilines is 1. The molecule has 2 rings (SSSR count). The van der Waals surface area contributed by atoms with E-state index in [2.05, 4.69) is 26.9 Å². The molecule has 0 bridgehead atoms. The van der Waals surface area contributed by atoms with E-state index in [4.69, 9.17) is 0 Å². The van der Waals surface area contributed by atoms with E-state index in [1.807, 2.05) is 13.0 Å². The van der Waals surface area contributed by atoms with Crippen LogP contribution in [0.5, 0.6) is 0 Å². The summed E-state index contributed by atoms with van der Waals surface area (Å²) in [5.74, 6) is 0.966. The highest BCUT2D eigenvalue weighted by atomic mass is 16.5. The molecule has 110 valence electrons. The van der Waals surface area contributed by atoms with Crippen molar-refractivity contribution in [3.8, 4) is 0 Å². The third-order valence-corrected chi connectivity index (χ3v) is 3.92. The Morgan fingerprint density at radius 3 is 2.80 bits per heavy atom. The highest BCUT2D eigenvalue weighted by molar-refractivity contribution is 5.85. The van der Waals surface area contributed by atoms with Crippen LogP contribution in [0.25, 0.3) is 0 Å². The Hall–Kier alpha value is -1.65. The number of esters is 1. The molecule has 0 spiro atoms. The average Bonchev–Trinajstić information content (AvgIpc) is 2.62. The molecule has 2 atom stereocenters. The highest BCUT2D eigenvalue weighted by Gasteiger charge is 2.21. The third-order valence-electron chi connectivity index (χ3n) is 3.92. The van der Waals surface area contributed by atoms with Gasteiger partial charge < -0.3 is 10.1 Å². The molecule has 1 fully saturated rings. The predicted octanol–water partition coefficient (Wildman–Crippen LogP) is 2.95. The van der Waals surface area contributed by atoms with Gasteiger partial charge in [-0.05, 0) is 25.7 Å². The molecule has 1 aromatic rings. The second kappa shape index (κ2) is 6.68. The molecule has 1 N–H and O–H groups in total. The van der Waals surface area contributed by atoms with Gasteiger partial charge in [-0.3, -0.25) is 0 Å². The Morgan fingerprint density at radius 2 is 2.05 bits per heavy atom. The summed E-state index contributed by atoms with van der Waals surface area (Å²) in [6.07, 6.45) is 6.24. The Labute approximate surface area is 120 Å². The van der Waals surface area contributed by atoms with Crippen molar-refractivity contribution < 1.29 is 9.53 Å². The third kappa shape index (κ3) is 3.68. The lowest BCUT2D eigenvalue weighted by Gasteiger charge is -2.23. The Bertz CT molecular complexity index is 476. The van der Waals surface area contributed by atoms with Crippen LogP contribution in [-0.4, -0.2) is 29.1 Å². The van der Waals surface area contributed by atoms with Gasteiger partial charge in [-0.1, -0.05) is 26.2 Å². The summed E-state index contributed by atoms with van der Waals surface area (Å²) < 4.78 is 4.69. The summed E-state index contributed by atoms with van der Waals surface area (Å²) in [4.78, 5) is 19.9. The maximum Gasteiger partial charge on any atom is 0.376 e. The van der Waals surface area contributed by atoms with Gasteiger partial charge in [-0.2, -0.15) is 0 Å².